The molecule has 2 aliphatic rings. The van der Waals surface area contributed by atoms with Crippen molar-refractivity contribution in [2.45, 2.75) is 18.9 Å². The van der Waals surface area contributed by atoms with Crippen molar-refractivity contribution < 1.29 is 23.5 Å². The molecule has 1 atom stereocenters. The van der Waals surface area contributed by atoms with E-state index in [0.29, 0.717) is 23.6 Å². The number of ether oxygens (including phenoxy) is 2. The summed E-state index contributed by atoms with van der Waals surface area (Å²) in [7, 11) is 3.23. The lowest BCUT2D eigenvalue weighted by Crippen LogP contribution is -2.61. The Morgan fingerprint density at radius 3 is 2.79 bits per heavy atom. The van der Waals surface area contributed by atoms with E-state index in [2.05, 4.69) is 9.97 Å². The van der Waals surface area contributed by atoms with Crippen LogP contribution in [-0.2, 0) is 16.1 Å². The van der Waals surface area contributed by atoms with E-state index in [1.807, 2.05) is 0 Å². The molecule has 1 aromatic heterocycles. The molecule has 0 spiro atoms. The molecule has 0 saturated carbocycles. The summed E-state index contributed by atoms with van der Waals surface area (Å²) in [5, 5.41) is 0. The number of likely N-dealkylation sites (tertiary alicyclic amines) is 1. The quantitative estimate of drug-likeness (QED) is 0.701. The first-order valence-electron chi connectivity index (χ1n) is 9.05. The lowest BCUT2D eigenvalue weighted by Gasteiger charge is -2.41. The second kappa shape index (κ2) is 7.63. The van der Waals surface area contributed by atoms with Gasteiger partial charge in [-0.05, 0) is 12.1 Å². The van der Waals surface area contributed by atoms with E-state index in [1.165, 1.54) is 29.2 Å². The van der Waals surface area contributed by atoms with Crippen LogP contribution in [0.25, 0.3) is 0 Å². The van der Waals surface area contributed by atoms with Gasteiger partial charge in [0, 0.05) is 14.2 Å². The molecule has 10 heteroatoms. The first-order chi connectivity index (χ1) is 14.0. The summed E-state index contributed by atoms with van der Waals surface area (Å²) in [6, 6.07) is 5.77. The molecule has 0 bridgehead atoms. The number of para-hydroxylation sites is 1. The predicted molar refractivity (Wildman–Crippen MR) is 101 cm³/mol. The molecule has 2 aromatic rings. The minimum Gasteiger partial charge on any atom is -0.484 e. The van der Waals surface area contributed by atoms with E-state index in [-0.39, 0.29) is 37.6 Å². The number of anilines is 2. The molecular formula is C19H20FN5O4. The summed E-state index contributed by atoms with van der Waals surface area (Å²) >= 11 is 0. The molecule has 1 fully saturated rings. The number of fused-ring (bicyclic) bond motifs is 1. The van der Waals surface area contributed by atoms with Gasteiger partial charge in [-0.3, -0.25) is 9.69 Å². The molecule has 2 aliphatic heterocycles. The van der Waals surface area contributed by atoms with Crippen LogP contribution in [0.1, 0.15) is 5.82 Å². The van der Waals surface area contributed by atoms with Crippen LogP contribution in [0.4, 0.5) is 20.7 Å². The Morgan fingerprint density at radius 2 is 2.10 bits per heavy atom. The van der Waals surface area contributed by atoms with Crippen molar-refractivity contribution in [1.82, 2.24) is 14.9 Å². The fourth-order valence-electron chi connectivity index (χ4n) is 3.38. The molecule has 1 aromatic carbocycles. The maximum atomic E-state index is 13.7. The van der Waals surface area contributed by atoms with Crippen molar-refractivity contribution in [3.63, 3.8) is 0 Å². The number of urea groups is 1. The molecule has 9 nitrogen and oxygen atoms in total. The van der Waals surface area contributed by atoms with Crippen molar-refractivity contribution in [3.8, 4) is 5.75 Å². The topological polar surface area (TPSA) is 88.1 Å². The number of hydrogen-bond donors (Lipinski definition) is 0. The Balaban J connectivity index is 1.48. The summed E-state index contributed by atoms with van der Waals surface area (Å²) in [6.07, 6.45) is 1.06. The summed E-state index contributed by atoms with van der Waals surface area (Å²) in [4.78, 5) is 37.8. The van der Waals surface area contributed by atoms with Crippen LogP contribution in [0.3, 0.4) is 0 Å². The second-order valence-corrected chi connectivity index (χ2v) is 6.82. The van der Waals surface area contributed by atoms with E-state index in [0.717, 1.165) is 0 Å². The molecule has 1 saturated heterocycles. The van der Waals surface area contributed by atoms with Gasteiger partial charge >= 0.3 is 6.03 Å². The fourth-order valence-corrected chi connectivity index (χ4v) is 3.38. The molecule has 4 rings (SSSR count). The highest BCUT2D eigenvalue weighted by atomic mass is 19.1. The molecule has 0 N–H and O–H groups in total. The molecular weight excluding hydrogens is 381 g/mol. The van der Waals surface area contributed by atoms with E-state index in [1.54, 1.807) is 30.1 Å². The van der Waals surface area contributed by atoms with Gasteiger partial charge in [-0.2, -0.15) is 0 Å². The normalized spacial score (nSPS) is 18.4. The van der Waals surface area contributed by atoms with Crippen LogP contribution in [0.15, 0.2) is 30.5 Å². The molecule has 152 valence electrons. The molecule has 2 amide bonds. The average molecular weight is 401 g/mol. The zero-order valence-electron chi connectivity index (χ0n) is 16.0. The first-order valence-corrected chi connectivity index (χ1v) is 9.05. The highest BCUT2D eigenvalue weighted by Crippen LogP contribution is 2.37. The van der Waals surface area contributed by atoms with Crippen LogP contribution in [-0.4, -0.2) is 66.7 Å². The third-order valence-corrected chi connectivity index (χ3v) is 4.90. The van der Waals surface area contributed by atoms with Gasteiger partial charge in [0.2, 0.25) is 0 Å². The van der Waals surface area contributed by atoms with Crippen LogP contribution >= 0.6 is 0 Å². The Morgan fingerprint density at radius 1 is 1.34 bits per heavy atom. The molecule has 1 unspecified atom stereocenters. The number of hydrogen-bond acceptors (Lipinski definition) is 7. The van der Waals surface area contributed by atoms with Crippen LogP contribution in [0.2, 0.25) is 0 Å². The minimum atomic E-state index is -0.823. The van der Waals surface area contributed by atoms with Crippen molar-refractivity contribution in [3.05, 3.63) is 42.1 Å². The lowest BCUT2D eigenvalue weighted by atomic mass is 10.1. The second-order valence-electron chi connectivity index (χ2n) is 6.82. The highest BCUT2D eigenvalue weighted by Gasteiger charge is 2.44. The number of rotatable bonds is 5. The number of methoxy groups -OCH3 is 1. The highest BCUT2D eigenvalue weighted by molar-refractivity contribution is 6.03. The van der Waals surface area contributed by atoms with E-state index in [4.69, 9.17) is 9.47 Å². The van der Waals surface area contributed by atoms with Crippen LogP contribution < -0.4 is 14.5 Å². The van der Waals surface area contributed by atoms with Crippen molar-refractivity contribution >= 4 is 23.8 Å². The fraction of sp³-hybridized carbons (Fsp3) is 0.368. The number of aldehydes is 1. The Hall–Kier alpha value is -3.27. The van der Waals surface area contributed by atoms with Gasteiger partial charge in [0.25, 0.3) is 0 Å². The Labute approximate surface area is 166 Å². The number of nitrogens with zero attached hydrogens (tertiary/aromatic N) is 5. The van der Waals surface area contributed by atoms with Gasteiger partial charge in [-0.1, -0.05) is 12.1 Å². The zero-order valence-corrected chi connectivity index (χ0v) is 16.0. The van der Waals surface area contributed by atoms with Gasteiger partial charge in [0.05, 0.1) is 19.3 Å². The Kier molecular flexibility index (Phi) is 5.01. The molecule has 0 aliphatic carbocycles. The lowest BCUT2D eigenvalue weighted by molar-refractivity contribution is -0.108. The number of halogens is 1. The number of likely N-dealkylation sites (N-methyl/N-ethyl adjacent to an activating group) is 1. The summed E-state index contributed by atoms with van der Waals surface area (Å²) in [6.45, 7) is 0.801. The summed E-state index contributed by atoms with van der Waals surface area (Å²) in [5.41, 5.74) is 0.452. The number of carbonyl (C=O) groups is 2. The zero-order chi connectivity index (χ0) is 20.5. The number of aromatic nitrogens is 2. The third kappa shape index (κ3) is 3.35. The van der Waals surface area contributed by atoms with Crippen LogP contribution in [0.5, 0.6) is 5.75 Å². The smallest absolute Gasteiger partial charge is 0.327 e. The minimum absolute atomic E-state index is 0.153. The monoisotopic (exact) mass is 401 g/mol. The third-order valence-electron chi connectivity index (χ3n) is 4.90. The predicted octanol–water partition coefficient (Wildman–Crippen LogP) is 1.43. The number of amides is 2. The van der Waals surface area contributed by atoms with Crippen molar-refractivity contribution in [2.75, 3.05) is 37.0 Å². The maximum absolute atomic E-state index is 13.7. The maximum Gasteiger partial charge on any atom is 0.327 e. The SMILES string of the molecule is COCc1ncc2c(n1)N(C)C(C=O)N2C(=O)N1CC(Oc2ccccc2F)C1. The Bertz CT molecular complexity index is 937. The standard InChI is InChI=1S/C19H20FN5O4/c1-23-17(10-26)25(14-7-21-16(11-28-2)22-18(14)23)19(27)24-8-12(9-24)29-15-6-4-3-5-13(15)20/h3-7,10,12,17H,8-9,11H2,1-2H3. The largest absolute Gasteiger partial charge is 0.484 e. The number of carbonyl (C=O) groups excluding carboxylic acids is 2. The average Bonchev–Trinajstić information content (AvgIpc) is 2.97. The first kappa shape index (κ1) is 19.1. The van der Waals surface area contributed by atoms with Gasteiger partial charge < -0.3 is 19.3 Å². The van der Waals surface area contributed by atoms with E-state index < -0.39 is 12.0 Å². The molecule has 0 radical (unpaired) electrons. The summed E-state index contributed by atoms with van der Waals surface area (Å²) < 4.78 is 24.4. The van der Waals surface area contributed by atoms with Crippen molar-refractivity contribution in [2.24, 2.45) is 0 Å². The molecule has 3 heterocycles. The molecule has 29 heavy (non-hydrogen) atoms. The van der Waals surface area contributed by atoms with E-state index >= 15 is 0 Å². The van der Waals surface area contributed by atoms with Crippen LogP contribution in [0, 0.1) is 5.82 Å². The van der Waals surface area contributed by atoms with Gasteiger partial charge in [-0.25, -0.2) is 19.2 Å². The van der Waals surface area contributed by atoms with Gasteiger partial charge in [0.1, 0.15) is 18.4 Å². The number of benzene rings is 1. The van der Waals surface area contributed by atoms with E-state index in [9.17, 15) is 14.0 Å². The van der Waals surface area contributed by atoms with Gasteiger partial charge in [0.15, 0.2) is 35.7 Å². The van der Waals surface area contributed by atoms with Gasteiger partial charge in [-0.15, -0.1) is 0 Å². The van der Waals surface area contributed by atoms with Crippen molar-refractivity contribution in [1.29, 1.82) is 0 Å². The summed E-state index contributed by atoms with van der Waals surface area (Å²) in [5.74, 6) is 0.648.